The summed E-state index contributed by atoms with van der Waals surface area (Å²) < 4.78 is 4.88. The first kappa shape index (κ1) is 8.34. The molecule has 0 fully saturated rings. The van der Waals surface area contributed by atoms with E-state index in [1.807, 2.05) is 6.07 Å². The SMILES string of the molecule is CCCC(O)Cc1ccoc1. The van der Waals surface area contributed by atoms with E-state index in [1.165, 1.54) is 0 Å². The maximum Gasteiger partial charge on any atom is 0.0935 e. The van der Waals surface area contributed by atoms with Crippen LogP contribution in [0.3, 0.4) is 0 Å². The van der Waals surface area contributed by atoms with E-state index in [-0.39, 0.29) is 6.10 Å². The maximum absolute atomic E-state index is 9.38. The third kappa shape index (κ3) is 2.76. The third-order valence-corrected chi connectivity index (χ3v) is 1.67. The molecule has 1 atom stereocenters. The first-order valence-corrected chi connectivity index (χ1v) is 4.02. The monoisotopic (exact) mass is 154 g/mol. The van der Waals surface area contributed by atoms with Crippen LogP contribution in [0.1, 0.15) is 25.3 Å². The van der Waals surface area contributed by atoms with Crippen molar-refractivity contribution in [2.24, 2.45) is 0 Å². The Morgan fingerprint density at radius 3 is 3.00 bits per heavy atom. The second-order valence-corrected chi connectivity index (χ2v) is 2.78. The number of aliphatic hydroxyl groups is 1. The molecule has 0 saturated carbocycles. The van der Waals surface area contributed by atoms with Crippen LogP contribution in [0, 0.1) is 0 Å². The fourth-order valence-electron chi connectivity index (χ4n) is 1.12. The minimum atomic E-state index is -0.211. The van der Waals surface area contributed by atoms with Gasteiger partial charge in [0, 0.05) is 6.42 Å². The van der Waals surface area contributed by atoms with Crippen LogP contribution in [0.5, 0.6) is 0 Å². The Labute approximate surface area is 66.8 Å². The molecular formula is C9H14O2. The van der Waals surface area contributed by atoms with Crippen molar-refractivity contribution in [1.29, 1.82) is 0 Å². The molecule has 0 saturated heterocycles. The smallest absolute Gasteiger partial charge is 0.0935 e. The summed E-state index contributed by atoms with van der Waals surface area (Å²) in [4.78, 5) is 0. The molecule has 1 aromatic heterocycles. The predicted octanol–water partition coefficient (Wildman–Crippen LogP) is 1.98. The van der Waals surface area contributed by atoms with Gasteiger partial charge in [0.25, 0.3) is 0 Å². The van der Waals surface area contributed by atoms with Gasteiger partial charge in [0.15, 0.2) is 0 Å². The van der Waals surface area contributed by atoms with E-state index >= 15 is 0 Å². The molecule has 11 heavy (non-hydrogen) atoms. The molecule has 0 spiro atoms. The predicted molar refractivity (Wildman–Crippen MR) is 43.3 cm³/mol. The van der Waals surface area contributed by atoms with Crippen molar-refractivity contribution in [1.82, 2.24) is 0 Å². The van der Waals surface area contributed by atoms with Gasteiger partial charge in [-0.3, -0.25) is 0 Å². The maximum atomic E-state index is 9.38. The second kappa shape index (κ2) is 4.19. The summed E-state index contributed by atoms with van der Waals surface area (Å²) in [5.74, 6) is 0. The summed E-state index contributed by atoms with van der Waals surface area (Å²) in [5, 5.41) is 9.38. The first-order valence-electron chi connectivity index (χ1n) is 4.02. The Morgan fingerprint density at radius 2 is 2.45 bits per heavy atom. The van der Waals surface area contributed by atoms with Gasteiger partial charge in [-0.2, -0.15) is 0 Å². The van der Waals surface area contributed by atoms with Crippen LogP contribution in [0.15, 0.2) is 23.0 Å². The van der Waals surface area contributed by atoms with E-state index in [1.54, 1.807) is 12.5 Å². The largest absolute Gasteiger partial charge is 0.472 e. The summed E-state index contributed by atoms with van der Waals surface area (Å²) >= 11 is 0. The fourth-order valence-corrected chi connectivity index (χ4v) is 1.12. The highest BCUT2D eigenvalue weighted by Crippen LogP contribution is 2.07. The van der Waals surface area contributed by atoms with Crippen LogP contribution in [0.25, 0.3) is 0 Å². The minimum Gasteiger partial charge on any atom is -0.472 e. The van der Waals surface area contributed by atoms with Crippen LogP contribution in [-0.4, -0.2) is 11.2 Å². The minimum absolute atomic E-state index is 0.211. The Balaban J connectivity index is 2.31. The van der Waals surface area contributed by atoms with Crippen LogP contribution in [-0.2, 0) is 6.42 Å². The molecule has 2 nitrogen and oxygen atoms in total. The molecule has 0 aliphatic carbocycles. The van der Waals surface area contributed by atoms with Gasteiger partial charge in [-0.15, -0.1) is 0 Å². The molecule has 1 N–H and O–H groups in total. The average Bonchev–Trinajstić information content (AvgIpc) is 2.40. The Morgan fingerprint density at radius 1 is 1.64 bits per heavy atom. The topological polar surface area (TPSA) is 33.4 Å². The van der Waals surface area contributed by atoms with Gasteiger partial charge in [-0.25, -0.2) is 0 Å². The number of hydrogen-bond acceptors (Lipinski definition) is 2. The second-order valence-electron chi connectivity index (χ2n) is 2.78. The van der Waals surface area contributed by atoms with Crippen molar-refractivity contribution in [3.05, 3.63) is 24.2 Å². The molecule has 2 heteroatoms. The quantitative estimate of drug-likeness (QED) is 0.719. The van der Waals surface area contributed by atoms with Crippen LogP contribution >= 0.6 is 0 Å². The van der Waals surface area contributed by atoms with Gasteiger partial charge in [0.1, 0.15) is 0 Å². The molecule has 1 rings (SSSR count). The summed E-state index contributed by atoms with van der Waals surface area (Å²) in [7, 11) is 0. The summed E-state index contributed by atoms with van der Waals surface area (Å²) in [5.41, 5.74) is 1.07. The fraction of sp³-hybridized carbons (Fsp3) is 0.556. The zero-order chi connectivity index (χ0) is 8.10. The summed E-state index contributed by atoms with van der Waals surface area (Å²) in [6, 6.07) is 1.89. The normalized spacial score (nSPS) is 13.3. The standard InChI is InChI=1S/C9H14O2/c1-2-3-9(10)6-8-4-5-11-7-8/h4-5,7,9-10H,2-3,6H2,1H3. The van der Waals surface area contributed by atoms with E-state index < -0.39 is 0 Å². The Kier molecular flexibility index (Phi) is 3.17. The molecule has 0 aromatic carbocycles. The first-order chi connectivity index (χ1) is 5.33. The van der Waals surface area contributed by atoms with E-state index in [2.05, 4.69) is 6.92 Å². The zero-order valence-corrected chi connectivity index (χ0v) is 6.79. The summed E-state index contributed by atoms with van der Waals surface area (Å²) in [6.07, 6.45) is 5.71. The zero-order valence-electron chi connectivity index (χ0n) is 6.79. The van der Waals surface area contributed by atoms with E-state index in [9.17, 15) is 5.11 Å². The van der Waals surface area contributed by atoms with Gasteiger partial charge in [-0.05, 0) is 18.1 Å². The third-order valence-electron chi connectivity index (χ3n) is 1.67. The van der Waals surface area contributed by atoms with Crippen LogP contribution in [0.4, 0.5) is 0 Å². The Hall–Kier alpha value is -0.760. The van der Waals surface area contributed by atoms with Crippen molar-refractivity contribution in [3.8, 4) is 0 Å². The van der Waals surface area contributed by atoms with Crippen LogP contribution in [0.2, 0.25) is 0 Å². The highest BCUT2D eigenvalue weighted by atomic mass is 16.3. The van der Waals surface area contributed by atoms with Crippen molar-refractivity contribution < 1.29 is 9.52 Å². The van der Waals surface area contributed by atoms with E-state index in [0.717, 1.165) is 18.4 Å². The molecule has 0 aliphatic heterocycles. The molecule has 0 amide bonds. The van der Waals surface area contributed by atoms with Gasteiger partial charge in [0.05, 0.1) is 18.6 Å². The number of hydrogen-bond donors (Lipinski definition) is 1. The molecule has 0 aliphatic rings. The molecule has 62 valence electrons. The molecule has 1 aromatic rings. The number of rotatable bonds is 4. The lowest BCUT2D eigenvalue weighted by atomic mass is 10.1. The van der Waals surface area contributed by atoms with Crippen LogP contribution < -0.4 is 0 Å². The molecular weight excluding hydrogens is 140 g/mol. The van der Waals surface area contributed by atoms with Crippen molar-refractivity contribution in [3.63, 3.8) is 0 Å². The summed E-state index contributed by atoms with van der Waals surface area (Å²) in [6.45, 7) is 2.07. The lowest BCUT2D eigenvalue weighted by Gasteiger charge is -2.05. The van der Waals surface area contributed by atoms with Crippen molar-refractivity contribution >= 4 is 0 Å². The highest BCUT2D eigenvalue weighted by molar-refractivity contribution is 5.06. The highest BCUT2D eigenvalue weighted by Gasteiger charge is 2.04. The van der Waals surface area contributed by atoms with Crippen molar-refractivity contribution in [2.75, 3.05) is 0 Å². The Bertz CT molecular complexity index is 179. The van der Waals surface area contributed by atoms with E-state index in [4.69, 9.17) is 4.42 Å². The van der Waals surface area contributed by atoms with Gasteiger partial charge in [-0.1, -0.05) is 13.3 Å². The van der Waals surface area contributed by atoms with E-state index in [0.29, 0.717) is 6.42 Å². The number of aliphatic hydroxyl groups excluding tert-OH is 1. The van der Waals surface area contributed by atoms with Crippen molar-refractivity contribution in [2.45, 2.75) is 32.3 Å². The lowest BCUT2D eigenvalue weighted by Crippen LogP contribution is -2.08. The average molecular weight is 154 g/mol. The molecule has 1 heterocycles. The molecule has 1 unspecified atom stereocenters. The molecule has 0 radical (unpaired) electrons. The lowest BCUT2D eigenvalue weighted by molar-refractivity contribution is 0.163. The van der Waals surface area contributed by atoms with Gasteiger partial charge < -0.3 is 9.52 Å². The molecule has 0 bridgehead atoms. The van der Waals surface area contributed by atoms with Gasteiger partial charge in [0.2, 0.25) is 0 Å². The van der Waals surface area contributed by atoms with Gasteiger partial charge >= 0.3 is 0 Å². The number of furan rings is 1.